The highest BCUT2D eigenvalue weighted by molar-refractivity contribution is 5.96. The summed E-state index contributed by atoms with van der Waals surface area (Å²) in [6.07, 6.45) is -0.334. The van der Waals surface area contributed by atoms with Crippen LogP contribution in [0.25, 0.3) is 0 Å². The van der Waals surface area contributed by atoms with Crippen LogP contribution < -0.4 is 10.1 Å². The molecule has 0 unspecified atom stereocenters. The van der Waals surface area contributed by atoms with Crippen molar-refractivity contribution in [3.63, 3.8) is 0 Å². The Morgan fingerprint density at radius 2 is 1.65 bits per heavy atom. The number of esters is 1. The topological polar surface area (TPSA) is 64.6 Å². The van der Waals surface area contributed by atoms with Crippen LogP contribution >= 0.6 is 0 Å². The van der Waals surface area contributed by atoms with E-state index < -0.39 is 12.1 Å². The van der Waals surface area contributed by atoms with Crippen molar-refractivity contribution in [2.75, 3.05) is 12.4 Å². The first-order valence-corrected chi connectivity index (χ1v) is 10.2. The first-order chi connectivity index (χ1) is 15.0. The van der Waals surface area contributed by atoms with Gasteiger partial charge in [0.1, 0.15) is 5.75 Å². The molecule has 160 valence electrons. The number of methoxy groups -OCH3 is 1. The maximum absolute atomic E-state index is 13.1. The van der Waals surface area contributed by atoms with Gasteiger partial charge < -0.3 is 14.8 Å². The van der Waals surface area contributed by atoms with E-state index in [1.54, 1.807) is 19.2 Å². The molecule has 0 aliphatic carbocycles. The van der Waals surface area contributed by atoms with Gasteiger partial charge in [0, 0.05) is 17.7 Å². The third-order valence-corrected chi connectivity index (χ3v) is 5.02. The Bertz CT molecular complexity index is 1030. The maximum Gasteiger partial charge on any atom is 0.307 e. The third kappa shape index (κ3) is 6.19. The molecule has 0 aliphatic heterocycles. The minimum absolute atomic E-state index is 0.173. The second-order valence-corrected chi connectivity index (χ2v) is 7.44. The van der Waals surface area contributed by atoms with Gasteiger partial charge in [-0.15, -0.1) is 0 Å². The van der Waals surface area contributed by atoms with E-state index in [4.69, 9.17) is 9.47 Å². The van der Waals surface area contributed by atoms with Crippen LogP contribution in [0.5, 0.6) is 5.75 Å². The second-order valence-electron chi connectivity index (χ2n) is 7.44. The van der Waals surface area contributed by atoms with Crippen molar-refractivity contribution in [1.29, 1.82) is 0 Å². The van der Waals surface area contributed by atoms with E-state index in [-0.39, 0.29) is 12.3 Å². The van der Waals surface area contributed by atoms with E-state index in [1.807, 2.05) is 74.5 Å². The quantitative estimate of drug-likeness (QED) is 0.514. The second kappa shape index (κ2) is 10.4. The Labute approximate surface area is 183 Å². The molecule has 1 N–H and O–H groups in total. The zero-order chi connectivity index (χ0) is 22.2. The molecule has 0 saturated heterocycles. The molecule has 0 aromatic heterocycles. The van der Waals surface area contributed by atoms with Crippen molar-refractivity contribution >= 4 is 17.6 Å². The van der Waals surface area contributed by atoms with Gasteiger partial charge in [0.15, 0.2) is 0 Å². The van der Waals surface area contributed by atoms with E-state index >= 15 is 0 Å². The summed E-state index contributed by atoms with van der Waals surface area (Å²) in [5.41, 5.74) is 4.31. The maximum atomic E-state index is 13.1. The van der Waals surface area contributed by atoms with Crippen molar-refractivity contribution in [2.24, 2.45) is 0 Å². The van der Waals surface area contributed by atoms with Crippen molar-refractivity contribution < 1.29 is 19.1 Å². The average Bonchev–Trinajstić information content (AvgIpc) is 2.79. The molecule has 1 atom stereocenters. The minimum Gasteiger partial charge on any atom is -0.497 e. The molecule has 1 amide bonds. The summed E-state index contributed by atoms with van der Waals surface area (Å²) in [7, 11) is 1.61. The van der Waals surface area contributed by atoms with E-state index in [0.29, 0.717) is 17.7 Å². The van der Waals surface area contributed by atoms with Crippen LogP contribution in [0.2, 0.25) is 0 Å². The summed E-state index contributed by atoms with van der Waals surface area (Å²) < 4.78 is 10.8. The lowest BCUT2D eigenvalue weighted by Crippen LogP contribution is -2.26. The van der Waals surface area contributed by atoms with Crippen LogP contribution in [0.4, 0.5) is 5.69 Å². The lowest BCUT2D eigenvalue weighted by atomic mass is 10.1. The Morgan fingerprint density at radius 1 is 0.935 bits per heavy atom. The fraction of sp³-hybridized carbons (Fsp3) is 0.231. The molecule has 3 aromatic rings. The normalized spacial score (nSPS) is 11.5. The molecule has 3 rings (SSSR count). The monoisotopic (exact) mass is 417 g/mol. The zero-order valence-corrected chi connectivity index (χ0v) is 18.1. The molecule has 0 fully saturated rings. The number of anilines is 1. The van der Waals surface area contributed by atoms with Gasteiger partial charge >= 0.3 is 5.97 Å². The minimum atomic E-state index is -1.02. The Kier molecular flexibility index (Phi) is 7.44. The van der Waals surface area contributed by atoms with E-state index in [9.17, 15) is 9.59 Å². The van der Waals surface area contributed by atoms with Crippen LogP contribution in [0.15, 0.2) is 72.8 Å². The van der Waals surface area contributed by atoms with Crippen molar-refractivity contribution in [3.05, 3.63) is 95.1 Å². The summed E-state index contributed by atoms with van der Waals surface area (Å²) in [6.45, 7) is 3.89. The van der Waals surface area contributed by atoms with Gasteiger partial charge in [-0.2, -0.15) is 0 Å². The average molecular weight is 418 g/mol. The van der Waals surface area contributed by atoms with Crippen molar-refractivity contribution in [3.8, 4) is 5.75 Å². The number of rotatable bonds is 8. The lowest BCUT2D eigenvalue weighted by molar-refractivity contribution is -0.154. The van der Waals surface area contributed by atoms with E-state index in [2.05, 4.69) is 5.32 Å². The lowest BCUT2D eigenvalue weighted by Gasteiger charge is -2.19. The van der Waals surface area contributed by atoms with Gasteiger partial charge in [0.05, 0.1) is 7.11 Å². The predicted octanol–water partition coefficient (Wildman–Crippen LogP) is 5.17. The molecular formula is C26H27NO4. The highest BCUT2D eigenvalue weighted by Crippen LogP contribution is 2.23. The number of aryl methyl sites for hydroxylation is 3. The van der Waals surface area contributed by atoms with E-state index in [0.717, 1.165) is 22.4 Å². The highest BCUT2D eigenvalue weighted by Gasteiger charge is 2.25. The Hall–Kier alpha value is -3.60. The number of hydrogen-bond acceptors (Lipinski definition) is 4. The number of carbonyl (C=O) groups is 2. The van der Waals surface area contributed by atoms with Gasteiger partial charge in [-0.25, -0.2) is 0 Å². The smallest absolute Gasteiger partial charge is 0.307 e. The molecule has 0 heterocycles. The van der Waals surface area contributed by atoms with Gasteiger partial charge in [0.2, 0.25) is 6.10 Å². The molecular weight excluding hydrogens is 390 g/mol. The molecule has 31 heavy (non-hydrogen) atoms. The highest BCUT2D eigenvalue weighted by atomic mass is 16.5. The Morgan fingerprint density at radius 3 is 2.32 bits per heavy atom. The van der Waals surface area contributed by atoms with Crippen molar-refractivity contribution in [1.82, 2.24) is 0 Å². The summed E-state index contributed by atoms with van der Waals surface area (Å²) in [6, 6.07) is 22.4. The molecule has 0 bridgehead atoms. The molecule has 5 heteroatoms. The van der Waals surface area contributed by atoms with Crippen molar-refractivity contribution in [2.45, 2.75) is 32.8 Å². The number of carbonyl (C=O) groups excluding carboxylic acids is 2. The molecule has 5 nitrogen and oxygen atoms in total. The summed E-state index contributed by atoms with van der Waals surface area (Å²) in [4.78, 5) is 25.6. The number of nitrogens with one attached hydrogen (secondary N) is 1. The van der Waals surface area contributed by atoms with Gasteiger partial charge in [-0.1, -0.05) is 54.6 Å². The first-order valence-electron chi connectivity index (χ1n) is 10.2. The fourth-order valence-corrected chi connectivity index (χ4v) is 3.20. The standard InChI is InChI=1S/C26H27NO4/c1-18-9-10-19(2)23(17-18)27-26(29)25(21-7-5-4-6-8-21)31-24(28)16-13-20-11-14-22(30-3)15-12-20/h4-12,14-15,17,25H,13,16H2,1-3H3,(H,27,29)/t25-/m1/s1. The molecule has 3 aromatic carbocycles. The zero-order valence-electron chi connectivity index (χ0n) is 18.1. The molecule has 0 aliphatic rings. The van der Waals surface area contributed by atoms with Crippen LogP contribution in [0.3, 0.4) is 0 Å². The van der Waals surface area contributed by atoms with Crippen LogP contribution in [-0.4, -0.2) is 19.0 Å². The Balaban J connectivity index is 1.70. The third-order valence-electron chi connectivity index (χ3n) is 5.02. The number of benzene rings is 3. The largest absolute Gasteiger partial charge is 0.497 e. The predicted molar refractivity (Wildman–Crippen MR) is 121 cm³/mol. The number of hydrogen-bond donors (Lipinski definition) is 1. The molecule has 0 radical (unpaired) electrons. The molecule has 0 spiro atoms. The van der Waals surface area contributed by atoms with Crippen LogP contribution in [0, 0.1) is 13.8 Å². The summed E-state index contributed by atoms with van der Waals surface area (Å²) >= 11 is 0. The van der Waals surface area contributed by atoms with Gasteiger partial charge in [-0.05, 0) is 55.2 Å². The summed E-state index contributed by atoms with van der Waals surface area (Å²) in [5, 5.41) is 2.91. The summed E-state index contributed by atoms with van der Waals surface area (Å²) in [5.74, 6) is -0.0444. The van der Waals surface area contributed by atoms with Gasteiger partial charge in [-0.3, -0.25) is 9.59 Å². The molecule has 0 saturated carbocycles. The SMILES string of the molecule is COc1ccc(CCC(=O)O[C@@H](C(=O)Nc2cc(C)ccc2C)c2ccccc2)cc1. The van der Waals surface area contributed by atoms with Crippen LogP contribution in [0.1, 0.15) is 34.8 Å². The first kappa shape index (κ1) is 22.1. The fourth-order valence-electron chi connectivity index (χ4n) is 3.20. The van der Waals surface area contributed by atoms with Crippen LogP contribution in [-0.2, 0) is 20.7 Å². The number of amides is 1. The number of ether oxygens (including phenoxy) is 2. The van der Waals surface area contributed by atoms with Gasteiger partial charge in [0.25, 0.3) is 5.91 Å². The van der Waals surface area contributed by atoms with E-state index in [1.165, 1.54) is 0 Å².